The van der Waals surface area contributed by atoms with Gasteiger partial charge in [0.15, 0.2) is 0 Å². The van der Waals surface area contributed by atoms with Crippen molar-refractivity contribution in [3.8, 4) is 10.7 Å². The second-order valence-electron chi connectivity index (χ2n) is 12.0. The molecular weight excluding hydrogens is 617 g/mol. The lowest BCUT2D eigenvalue weighted by atomic mass is 10.2. The van der Waals surface area contributed by atoms with Gasteiger partial charge in [0.2, 0.25) is 0 Å². The number of benzene rings is 3. The van der Waals surface area contributed by atoms with Gasteiger partial charge >= 0.3 is 0 Å². The van der Waals surface area contributed by atoms with Gasteiger partial charge in [0.25, 0.3) is 18.3 Å². The summed E-state index contributed by atoms with van der Waals surface area (Å²) in [5, 5.41) is 9.12. The Bertz CT molecular complexity index is 1810. The Morgan fingerprint density at radius 1 is 0.911 bits per heavy atom. The van der Waals surface area contributed by atoms with Crippen LogP contribution in [-0.2, 0) is 20.9 Å². The average Bonchev–Trinajstić information content (AvgIpc) is 3.53. The van der Waals surface area contributed by atoms with Crippen LogP contribution in [-0.4, -0.2) is 39.0 Å². The number of sulfonamides is 1. The highest BCUT2D eigenvalue weighted by Crippen LogP contribution is 2.36. The largest absolute Gasteiger partial charge is 0.407 e. The topological polar surface area (TPSA) is 93.5 Å². The van der Waals surface area contributed by atoms with Crippen molar-refractivity contribution in [1.82, 2.24) is 14.8 Å². The van der Waals surface area contributed by atoms with Crippen LogP contribution >= 0.6 is 11.3 Å². The molecule has 2 heterocycles. The minimum atomic E-state index is -3.77. The normalized spacial score (nSPS) is 12.7. The number of nitrogens with zero attached hydrogens (tertiary/aromatic N) is 3. The van der Waals surface area contributed by atoms with Crippen LogP contribution in [0.3, 0.4) is 0 Å². The van der Waals surface area contributed by atoms with E-state index in [0.717, 1.165) is 28.2 Å². The molecule has 232 valence electrons. The summed E-state index contributed by atoms with van der Waals surface area (Å²) in [6, 6.07) is 31.9. The Morgan fingerprint density at radius 2 is 1.53 bits per heavy atom. The molecule has 0 amide bonds. The molecule has 7 nitrogen and oxygen atoms in total. The number of hydrogen-bond acceptors (Lipinski definition) is 7. The van der Waals surface area contributed by atoms with Crippen molar-refractivity contribution < 1.29 is 12.8 Å². The molecule has 0 saturated heterocycles. The van der Waals surface area contributed by atoms with Gasteiger partial charge in [-0.3, -0.25) is 4.98 Å². The molecule has 0 fully saturated rings. The second kappa shape index (κ2) is 13.6. The fourth-order valence-electron chi connectivity index (χ4n) is 5.30. The number of nitrogens with one attached hydrogen (secondary N) is 1. The van der Waals surface area contributed by atoms with E-state index in [4.69, 9.17) is 4.43 Å². The Hall–Kier alpha value is -3.96. The van der Waals surface area contributed by atoms with E-state index in [-0.39, 0.29) is 9.93 Å². The highest BCUT2D eigenvalue weighted by molar-refractivity contribution is 7.89. The van der Waals surface area contributed by atoms with Crippen LogP contribution in [0.15, 0.2) is 119 Å². The summed E-state index contributed by atoms with van der Waals surface area (Å²) in [6.45, 7) is 11.0. The van der Waals surface area contributed by atoms with Crippen LogP contribution in [0.4, 0.5) is 0 Å². The molecule has 45 heavy (non-hydrogen) atoms. The van der Waals surface area contributed by atoms with Gasteiger partial charge < -0.3 is 4.43 Å². The summed E-state index contributed by atoms with van der Waals surface area (Å²) in [5.74, 6) is 0. The Labute approximate surface area is 271 Å². The van der Waals surface area contributed by atoms with Crippen LogP contribution < -0.4 is 15.2 Å². The third-order valence-corrected chi connectivity index (χ3v) is 14.8. The Kier molecular flexibility index (Phi) is 9.78. The van der Waals surface area contributed by atoms with Crippen LogP contribution in [0.2, 0.25) is 5.04 Å². The van der Waals surface area contributed by atoms with E-state index < -0.39 is 18.3 Å². The van der Waals surface area contributed by atoms with Crippen molar-refractivity contribution in [2.45, 2.75) is 51.0 Å². The zero-order valence-corrected chi connectivity index (χ0v) is 28.8. The lowest BCUT2D eigenvalue weighted by molar-refractivity contribution is 0.301. The van der Waals surface area contributed by atoms with E-state index in [9.17, 15) is 8.42 Å². The average molecular weight is 655 g/mol. The first-order chi connectivity index (χ1) is 21.5. The minimum Gasteiger partial charge on any atom is -0.407 e. The van der Waals surface area contributed by atoms with Crippen molar-refractivity contribution in [3.05, 3.63) is 125 Å². The fourth-order valence-corrected chi connectivity index (χ4v) is 11.6. The van der Waals surface area contributed by atoms with Crippen molar-refractivity contribution >= 4 is 45.8 Å². The van der Waals surface area contributed by atoms with Crippen molar-refractivity contribution in [1.29, 1.82) is 0 Å². The molecule has 0 unspecified atom stereocenters. The van der Waals surface area contributed by atoms with E-state index in [0.29, 0.717) is 18.0 Å². The summed E-state index contributed by atoms with van der Waals surface area (Å²) >= 11 is 1.44. The predicted octanol–water partition coefficient (Wildman–Crippen LogP) is 6.34. The number of rotatable bonds is 11. The monoisotopic (exact) mass is 654 g/mol. The maximum atomic E-state index is 12.6. The van der Waals surface area contributed by atoms with Gasteiger partial charge in [-0.05, 0) is 59.4 Å². The summed E-state index contributed by atoms with van der Waals surface area (Å²) < 4.78 is 32.3. The maximum absolute atomic E-state index is 12.6. The van der Waals surface area contributed by atoms with Crippen LogP contribution in [0.1, 0.15) is 44.5 Å². The number of aromatic nitrogens is 2. The fraction of sp³-hybridized carbons (Fsp3) is 0.229. The molecule has 5 aromatic rings. The van der Waals surface area contributed by atoms with Gasteiger partial charge in [-0.15, -0.1) is 11.3 Å². The van der Waals surface area contributed by atoms with Crippen molar-refractivity contribution in [3.63, 3.8) is 0 Å². The SMILES string of the molecule is C/C(=N\NS(=O)(=O)c1ccc(C)cc1)c1csc(-c2ccc(CCO[Si](c3ccccc3)(c3ccccc3)C(C)(C)C)cn2)n1. The molecule has 1 N–H and O–H groups in total. The second-order valence-corrected chi connectivity index (χ2v) is 18.8. The van der Waals surface area contributed by atoms with Crippen LogP contribution in [0.5, 0.6) is 0 Å². The highest BCUT2D eigenvalue weighted by Gasteiger charge is 2.49. The maximum Gasteiger partial charge on any atom is 0.276 e. The first-order valence-corrected chi connectivity index (χ1v) is 19.1. The molecule has 0 bridgehead atoms. The first kappa shape index (κ1) is 32.4. The zero-order valence-electron chi connectivity index (χ0n) is 26.2. The molecule has 3 aromatic carbocycles. The number of hydrazone groups is 1. The quantitative estimate of drug-likeness (QED) is 0.102. The third-order valence-electron chi connectivity index (χ3n) is 7.71. The first-order valence-electron chi connectivity index (χ1n) is 14.8. The van der Waals surface area contributed by atoms with E-state index >= 15 is 0 Å². The van der Waals surface area contributed by atoms with Gasteiger partial charge in [0, 0.05) is 18.2 Å². The minimum absolute atomic E-state index is 0.0812. The molecule has 0 saturated carbocycles. The van der Waals surface area contributed by atoms with Crippen molar-refractivity contribution in [2.24, 2.45) is 5.10 Å². The summed E-state index contributed by atoms with van der Waals surface area (Å²) in [7, 11) is -6.37. The van der Waals surface area contributed by atoms with Crippen LogP contribution in [0, 0.1) is 6.92 Å². The Morgan fingerprint density at radius 3 is 2.09 bits per heavy atom. The van der Waals surface area contributed by atoms with Gasteiger partial charge in [0.1, 0.15) is 5.01 Å². The van der Waals surface area contributed by atoms with E-state index in [1.807, 2.05) is 24.6 Å². The van der Waals surface area contributed by atoms with Gasteiger partial charge in [-0.25, -0.2) is 4.98 Å². The predicted molar refractivity (Wildman–Crippen MR) is 186 cm³/mol. The molecule has 2 aromatic heterocycles. The Balaban J connectivity index is 1.27. The van der Waals surface area contributed by atoms with Crippen LogP contribution in [0.25, 0.3) is 10.7 Å². The zero-order chi connectivity index (χ0) is 32.1. The number of thiazole rings is 1. The molecule has 0 atom stereocenters. The van der Waals surface area contributed by atoms with Crippen molar-refractivity contribution in [2.75, 3.05) is 6.61 Å². The summed E-state index contributed by atoms with van der Waals surface area (Å²) in [4.78, 5) is 11.8. The molecule has 0 spiro atoms. The smallest absolute Gasteiger partial charge is 0.276 e. The molecule has 0 aliphatic heterocycles. The van der Waals surface area contributed by atoms with Gasteiger partial charge in [0.05, 0.1) is 22.0 Å². The number of pyridine rings is 1. The molecule has 0 aliphatic carbocycles. The van der Waals surface area contributed by atoms with Gasteiger partial charge in [-0.1, -0.05) is 105 Å². The highest BCUT2D eigenvalue weighted by atomic mass is 32.2. The molecule has 10 heteroatoms. The lowest BCUT2D eigenvalue weighted by Crippen LogP contribution is -2.66. The number of hydrogen-bond donors (Lipinski definition) is 1. The lowest BCUT2D eigenvalue weighted by Gasteiger charge is -2.43. The molecular formula is C35H38N4O3S2Si. The van der Waals surface area contributed by atoms with E-state index in [1.54, 1.807) is 31.2 Å². The molecule has 0 aliphatic rings. The van der Waals surface area contributed by atoms with E-state index in [1.165, 1.54) is 21.7 Å². The third kappa shape index (κ3) is 7.31. The van der Waals surface area contributed by atoms with E-state index in [2.05, 4.69) is 107 Å². The number of aryl methyl sites for hydroxylation is 1. The standard InChI is InChI=1S/C35H38N4O3S2Si/c1-26-16-19-29(20-17-26)44(40,41)39-38-27(2)33-25-43-34(37-33)32-21-18-28(24-36-32)22-23-42-45(35(3,4)5,30-12-8-6-9-13-30)31-14-10-7-11-15-31/h6-21,24-25,39H,22-23H2,1-5H3/b38-27+. The van der Waals surface area contributed by atoms with Gasteiger partial charge in [-0.2, -0.15) is 18.4 Å². The summed E-state index contributed by atoms with van der Waals surface area (Å²) in [6.07, 6.45) is 2.61. The summed E-state index contributed by atoms with van der Waals surface area (Å²) in [5.41, 5.74) is 3.86. The molecule has 5 rings (SSSR count). The molecule has 0 radical (unpaired) electrons.